The zero-order chi connectivity index (χ0) is 21.3. The van der Waals surface area contributed by atoms with Crippen molar-refractivity contribution in [1.82, 2.24) is 4.98 Å². The number of nitrogens with zero attached hydrogens (tertiary/aromatic N) is 1. The minimum Gasteiger partial charge on any atom is -0.326 e. The molecule has 156 valence electrons. The molecular formula is C22H22ClN3O2S2. The predicted octanol–water partition coefficient (Wildman–Crippen LogP) is 6.32. The number of nitrogens with one attached hydrogen (secondary N) is 2. The Morgan fingerprint density at radius 1 is 1.10 bits per heavy atom. The summed E-state index contributed by atoms with van der Waals surface area (Å²) in [5, 5.41) is 8.75. The molecule has 0 spiro atoms. The number of rotatable bonds is 9. The quantitative estimate of drug-likeness (QED) is 0.367. The van der Waals surface area contributed by atoms with Crippen LogP contribution in [0.25, 0.3) is 11.3 Å². The fourth-order valence-corrected chi connectivity index (χ4v) is 4.37. The molecule has 0 radical (unpaired) electrons. The number of carbonyl (C=O) groups is 2. The predicted molar refractivity (Wildman–Crippen MR) is 127 cm³/mol. The summed E-state index contributed by atoms with van der Waals surface area (Å²) in [4.78, 5) is 29.6. The maximum absolute atomic E-state index is 12.3. The average Bonchev–Trinajstić information content (AvgIpc) is 3.19. The molecule has 5 nitrogen and oxygen atoms in total. The molecule has 3 rings (SSSR count). The van der Waals surface area contributed by atoms with Gasteiger partial charge >= 0.3 is 0 Å². The Labute approximate surface area is 189 Å². The second-order valence-corrected chi connectivity index (χ2v) is 8.85. The first-order chi connectivity index (χ1) is 14.5. The van der Waals surface area contributed by atoms with E-state index >= 15 is 0 Å². The van der Waals surface area contributed by atoms with Crippen molar-refractivity contribution in [1.29, 1.82) is 0 Å². The molecule has 8 heteroatoms. The van der Waals surface area contributed by atoms with Crippen molar-refractivity contribution < 1.29 is 9.59 Å². The summed E-state index contributed by atoms with van der Waals surface area (Å²) < 4.78 is 0. The fraction of sp³-hybridized carbons (Fsp3) is 0.227. The Bertz CT molecular complexity index is 1020. The number of anilines is 2. The van der Waals surface area contributed by atoms with Crippen molar-refractivity contribution in [2.24, 2.45) is 0 Å². The molecule has 0 aliphatic carbocycles. The van der Waals surface area contributed by atoms with Gasteiger partial charge in [-0.25, -0.2) is 4.98 Å². The van der Waals surface area contributed by atoms with Crippen LogP contribution >= 0.6 is 34.7 Å². The van der Waals surface area contributed by atoms with Crippen molar-refractivity contribution in [2.45, 2.75) is 31.1 Å². The van der Waals surface area contributed by atoms with E-state index in [1.807, 2.05) is 53.9 Å². The number of amides is 2. The summed E-state index contributed by atoms with van der Waals surface area (Å²) in [7, 11) is 0. The number of thiazole rings is 1. The third-order valence-corrected chi connectivity index (χ3v) is 6.23. The second kappa shape index (κ2) is 11.2. The van der Waals surface area contributed by atoms with Gasteiger partial charge in [-0.15, -0.1) is 23.1 Å². The van der Waals surface area contributed by atoms with Gasteiger partial charge in [0.25, 0.3) is 0 Å². The van der Waals surface area contributed by atoms with Crippen molar-refractivity contribution in [3.63, 3.8) is 0 Å². The second-order valence-electron chi connectivity index (χ2n) is 6.53. The zero-order valence-electron chi connectivity index (χ0n) is 16.5. The van der Waals surface area contributed by atoms with Gasteiger partial charge in [0, 0.05) is 33.0 Å². The molecule has 0 fully saturated rings. The lowest BCUT2D eigenvalue weighted by molar-refractivity contribution is -0.116. The van der Waals surface area contributed by atoms with E-state index in [1.54, 1.807) is 0 Å². The number of aromatic nitrogens is 1. The molecular weight excluding hydrogens is 438 g/mol. The number of hydrogen-bond acceptors (Lipinski definition) is 5. The summed E-state index contributed by atoms with van der Waals surface area (Å²) >= 11 is 8.97. The van der Waals surface area contributed by atoms with E-state index in [4.69, 9.17) is 11.6 Å². The molecule has 2 aromatic carbocycles. The summed E-state index contributed by atoms with van der Waals surface area (Å²) in [6.45, 7) is 2.05. The van der Waals surface area contributed by atoms with Gasteiger partial charge < -0.3 is 10.6 Å². The van der Waals surface area contributed by atoms with Gasteiger partial charge in [-0.1, -0.05) is 49.2 Å². The maximum atomic E-state index is 12.3. The van der Waals surface area contributed by atoms with Gasteiger partial charge in [0.2, 0.25) is 11.8 Å². The molecule has 2 N–H and O–H groups in total. The molecule has 0 aliphatic heterocycles. The first-order valence-electron chi connectivity index (χ1n) is 9.58. The Morgan fingerprint density at radius 2 is 1.93 bits per heavy atom. The van der Waals surface area contributed by atoms with Gasteiger partial charge in [-0.05, 0) is 30.7 Å². The number of carbonyl (C=O) groups excluding carboxylic acids is 2. The molecule has 1 heterocycles. The van der Waals surface area contributed by atoms with Crippen molar-refractivity contribution >= 4 is 57.3 Å². The number of unbranched alkanes of at least 4 members (excludes halogenated alkanes) is 1. The highest BCUT2D eigenvalue weighted by Gasteiger charge is 2.11. The first-order valence-corrected chi connectivity index (χ1v) is 11.8. The van der Waals surface area contributed by atoms with Crippen LogP contribution < -0.4 is 10.6 Å². The molecule has 0 atom stereocenters. The first kappa shape index (κ1) is 22.3. The van der Waals surface area contributed by atoms with Gasteiger partial charge in [0.1, 0.15) is 0 Å². The molecule has 0 aliphatic rings. The molecule has 3 aromatic rings. The zero-order valence-corrected chi connectivity index (χ0v) is 18.9. The van der Waals surface area contributed by atoms with E-state index in [0.717, 1.165) is 34.7 Å². The molecule has 0 unspecified atom stereocenters. The van der Waals surface area contributed by atoms with E-state index in [0.29, 0.717) is 16.6 Å². The lowest BCUT2D eigenvalue weighted by atomic mass is 10.2. The highest BCUT2D eigenvalue weighted by molar-refractivity contribution is 8.00. The highest BCUT2D eigenvalue weighted by atomic mass is 35.5. The van der Waals surface area contributed by atoms with Crippen LogP contribution in [0.4, 0.5) is 10.8 Å². The maximum Gasteiger partial charge on any atom is 0.236 e. The average molecular weight is 460 g/mol. The van der Waals surface area contributed by atoms with Crippen LogP contribution in [-0.4, -0.2) is 22.6 Å². The summed E-state index contributed by atoms with van der Waals surface area (Å²) in [6, 6.07) is 15.0. The number of benzene rings is 2. The lowest BCUT2D eigenvalue weighted by Crippen LogP contribution is -2.14. The van der Waals surface area contributed by atoms with Crippen LogP contribution in [-0.2, 0) is 9.59 Å². The Morgan fingerprint density at radius 3 is 2.73 bits per heavy atom. The standard InChI is InChI=1S/C22H22ClN3O2S2/c1-2-3-11-20(27)24-15-7-6-8-16(12-15)29-14-21(28)26-22-25-19(13-30-22)17-9-4-5-10-18(17)23/h4-10,12-13H,2-3,11,14H2,1H3,(H,24,27)(H,25,26,28). The van der Waals surface area contributed by atoms with E-state index in [1.165, 1.54) is 23.1 Å². The Balaban J connectivity index is 1.52. The van der Waals surface area contributed by atoms with E-state index in [2.05, 4.69) is 22.5 Å². The molecule has 0 saturated carbocycles. The van der Waals surface area contributed by atoms with Crippen molar-refractivity contribution in [3.05, 3.63) is 58.9 Å². The highest BCUT2D eigenvalue weighted by Crippen LogP contribution is 2.30. The van der Waals surface area contributed by atoms with Crippen molar-refractivity contribution in [3.8, 4) is 11.3 Å². The van der Waals surface area contributed by atoms with Gasteiger partial charge in [-0.3, -0.25) is 9.59 Å². The third-order valence-electron chi connectivity index (χ3n) is 4.15. The lowest BCUT2D eigenvalue weighted by Gasteiger charge is -2.07. The Hall–Kier alpha value is -2.35. The molecule has 30 heavy (non-hydrogen) atoms. The van der Waals surface area contributed by atoms with Crippen molar-refractivity contribution in [2.75, 3.05) is 16.4 Å². The fourth-order valence-electron chi connectivity index (χ4n) is 2.65. The molecule has 2 amide bonds. The smallest absolute Gasteiger partial charge is 0.236 e. The summed E-state index contributed by atoms with van der Waals surface area (Å²) in [5.41, 5.74) is 2.31. The van der Waals surface area contributed by atoms with Gasteiger partial charge in [0.05, 0.1) is 11.4 Å². The minimum atomic E-state index is -0.141. The minimum absolute atomic E-state index is 0.00911. The number of halogens is 1. The van der Waals surface area contributed by atoms with Crippen LogP contribution in [0.3, 0.4) is 0 Å². The van der Waals surface area contributed by atoms with E-state index in [-0.39, 0.29) is 17.6 Å². The van der Waals surface area contributed by atoms with Crippen LogP contribution in [0.2, 0.25) is 5.02 Å². The summed E-state index contributed by atoms with van der Waals surface area (Å²) in [6.07, 6.45) is 2.37. The van der Waals surface area contributed by atoms with Gasteiger partial charge in [-0.2, -0.15) is 0 Å². The van der Waals surface area contributed by atoms with Crippen LogP contribution in [0.1, 0.15) is 26.2 Å². The normalized spacial score (nSPS) is 10.6. The van der Waals surface area contributed by atoms with E-state index < -0.39 is 0 Å². The summed E-state index contributed by atoms with van der Waals surface area (Å²) in [5.74, 6) is 0.112. The number of thioether (sulfide) groups is 1. The molecule has 1 aromatic heterocycles. The molecule has 0 saturated heterocycles. The monoisotopic (exact) mass is 459 g/mol. The largest absolute Gasteiger partial charge is 0.326 e. The van der Waals surface area contributed by atoms with Gasteiger partial charge in [0.15, 0.2) is 5.13 Å². The Kier molecular flexibility index (Phi) is 8.30. The topological polar surface area (TPSA) is 71.1 Å². The van der Waals surface area contributed by atoms with E-state index in [9.17, 15) is 9.59 Å². The SMILES string of the molecule is CCCCC(=O)Nc1cccc(SCC(=O)Nc2nc(-c3ccccc3Cl)cs2)c1. The van der Waals surface area contributed by atoms with Crippen LogP contribution in [0.5, 0.6) is 0 Å². The number of hydrogen-bond donors (Lipinski definition) is 2. The molecule has 0 bridgehead atoms. The van der Waals surface area contributed by atoms with Crippen LogP contribution in [0.15, 0.2) is 58.8 Å². The third kappa shape index (κ3) is 6.58. The van der Waals surface area contributed by atoms with Crippen LogP contribution in [0, 0.1) is 0 Å².